The van der Waals surface area contributed by atoms with E-state index in [1.807, 2.05) is 0 Å². The third-order valence-corrected chi connectivity index (χ3v) is 3.76. The molecule has 0 radical (unpaired) electrons. The third kappa shape index (κ3) is 2.72. The first kappa shape index (κ1) is 13.9. The summed E-state index contributed by atoms with van der Waals surface area (Å²) in [5, 5.41) is 14.8. The number of anilines is 1. The van der Waals surface area contributed by atoms with Crippen LogP contribution in [0.5, 0.6) is 5.75 Å². The zero-order valence-corrected chi connectivity index (χ0v) is 11.1. The van der Waals surface area contributed by atoms with Crippen molar-refractivity contribution in [2.45, 2.75) is 5.03 Å². The van der Waals surface area contributed by atoms with Gasteiger partial charge in [0, 0.05) is 0 Å². The number of hydrogen-bond acceptors (Lipinski definition) is 5. The molecule has 8 nitrogen and oxygen atoms in total. The van der Waals surface area contributed by atoms with Gasteiger partial charge in [-0.1, -0.05) is 0 Å². The lowest BCUT2D eigenvalue weighted by atomic mass is 10.2. The van der Waals surface area contributed by atoms with Gasteiger partial charge in [-0.2, -0.15) is 13.5 Å². The molecule has 2 rings (SSSR count). The van der Waals surface area contributed by atoms with Gasteiger partial charge in [0.1, 0.15) is 5.75 Å². The van der Waals surface area contributed by atoms with E-state index in [2.05, 4.69) is 14.9 Å². The number of methoxy groups -OCH3 is 1. The van der Waals surface area contributed by atoms with Crippen LogP contribution >= 0.6 is 0 Å². The maximum Gasteiger partial charge on any atom is 0.337 e. The maximum atomic E-state index is 12.0. The van der Waals surface area contributed by atoms with E-state index in [1.165, 1.54) is 37.6 Å². The lowest BCUT2D eigenvalue weighted by Gasteiger charge is -2.10. The predicted molar refractivity (Wildman–Crippen MR) is 69.3 cm³/mol. The van der Waals surface area contributed by atoms with E-state index in [0.717, 1.165) is 0 Å². The minimum Gasteiger partial charge on any atom is -0.497 e. The number of carboxylic acids is 1. The second-order valence-electron chi connectivity index (χ2n) is 3.74. The number of nitrogens with one attached hydrogen (secondary N) is 2. The number of rotatable bonds is 5. The number of ether oxygens (including phenoxy) is 1. The van der Waals surface area contributed by atoms with Crippen LogP contribution in [0, 0.1) is 0 Å². The molecule has 2 aromatic rings. The Kier molecular flexibility index (Phi) is 3.61. The smallest absolute Gasteiger partial charge is 0.337 e. The highest BCUT2D eigenvalue weighted by atomic mass is 32.2. The highest BCUT2D eigenvalue weighted by Gasteiger charge is 2.20. The van der Waals surface area contributed by atoms with Crippen LogP contribution in [0.15, 0.2) is 35.5 Å². The Hall–Kier alpha value is -2.55. The molecule has 3 N–H and O–H groups in total. The van der Waals surface area contributed by atoms with Crippen molar-refractivity contribution in [3.05, 3.63) is 36.0 Å². The maximum absolute atomic E-state index is 12.0. The van der Waals surface area contributed by atoms with Gasteiger partial charge in [0.05, 0.1) is 24.6 Å². The third-order valence-electron chi connectivity index (χ3n) is 2.47. The standard InChI is InChI=1S/C11H11N3O5S/c1-19-7-2-3-9(8(6-7)11(15)16)14-20(17,18)10-4-5-12-13-10/h2-6,14H,1H3,(H,12,13)(H,15,16). The fourth-order valence-electron chi connectivity index (χ4n) is 1.51. The van der Waals surface area contributed by atoms with Crippen LogP contribution in [0.4, 0.5) is 5.69 Å². The zero-order chi connectivity index (χ0) is 14.8. The van der Waals surface area contributed by atoms with E-state index in [4.69, 9.17) is 9.84 Å². The average molecular weight is 297 g/mol. The summed E-state index contributed by atoms with van der Waals surface area (Å²) in [4.78, 5) is 11.2. The zero-order valence-electron chi connectivity index (χ0n) is 10.3. The van der Waals surface area contributed by atoms with E-state index < -0.39 is 16.0 Å². The number of carboxylic acid groups (broad SMARTS) is 1. The van der Waals surface area contributed by atoms with Crippen molar-refractivity contribution in [2.24, 2.45) is 0 Å². The van der Waals surface area contributed by atoms with Gasteiger partial charge in [0.25, 0.3) is 10.0 Å². The Morgan fingerprint density at radius 2 is 2.15 bits per heavy atom. The molecule has 0 aliphatic carbocycles. The van der Waals surface area contributed by atoms with Gasteiger partial charge in [-0.15, -0.1) is 0 Å². The summed E-state index contributed by atoms with van der Waals surface area (Å²) in [6.45, 7) is 0. The molecule has 0 saturated heterocycles. The van der Waals surface area contributed by atoms with E-state index in [0.29, 0.717) is 5.75 Å². The number of benzene rings is 1. The molecule has 106 valence electrons. The highest BCUT2D eigenvalue weighted by Crippen LogP contribution is 2.24. The van der Waals surface area contributed by atoms with Crippen molar-refractivity contribution in [1.29, 1.82) is 0 Å². The van der Waals surface area contributed by atoms with Gasteiger partial charge in [-0.25, -0.2) is 4.79 Å². The molecule has 1 aromatic heterocycles. The normalized spacial score (nSPS) is 11.1. The largest absolute Gasteiger partial charge is 0.497 e. The van der Waals surface area contributed by atoms with Gasteiger partial charge < -0.3 is 9.84 Å². The number of aromatic carboxylic acids is 1. The average Bonchev–Trinajstić information content (AvgIpc) is 2.93. The summed E-state index contributed by atoms with van der Waals surface area (Å²) in [7, 11) is -2.53. The lowest BCUT2D eigenvalue weighted by Crippen LogP contribution is -2.16. The Bertz CT molecular complexity index is 725. The van der Waals surface area contributed by atoms with Gasteiger partial charge in [0.2, 0.25) is 0 Å². The number of nitrogens with zero attached hydrogens (tertiary/aromatic N) is 1. The molecular weight excluding hydrogens is 286 g/mol. The molecule has 1 aromatic carbocycles. The van der Waals surface area contributed by atoms with Crippen LogP contribution in [0.1, 0.15) is 10.4 Å². The number of sulfonamides is 1. The molecule has 0 aliphatic heterocycles. The second-order valence-corrected chi connectivity index (χ2v) is 5.39. The quantitative estimate of drug-likeness (QED) is 0.754. The van der Waals surface area contributed by atoms with Crippen molar-refractivity contribution >= 4 is 21.7 Å². The lowest BCUT2D eigenvalue weighted by molar-refractivity contribution is 0.0697. The number of carbonyl (C=O) groups is 1. The first-order chi connectivity index (χ1) is 9.44. The van der Waals surface area contributed by atoms with E-state index in [-0.39, 0.29) is 16.3 Å². The molecule has 0 saturated carbocycles. The fraction of sp³-hybridized carbons (Fsp3) is 0.0909. The SMILES string of the molecule is COc1ccc(NS(=O)(=O)c2ccn[nH]2)c(C(=O)O)c1. The topological polar surface area (TPSA) is 121 Å². The predicted octanol–water partition coefficient (Wildman–Crippen LogP) is 0.917. The molecule has 0 unspecified atom stereocenters. The van der Waals surface area contributed by atoms with Crippen molar-refractivity contribution in [1.82, 2.24) is 10.2 Å². The minimum absolute atomic E-state index is 0.0621. The first-order valence-electron chi connectivity index (χ1n) is 5.37. The molecule has 20 heavy (non-hydrogen) atoms. The van der Waals surface area contributed by atoms with Gasteiger partial charge >= 0.3 is 5.97 Å². The Balaban J connectivity index is 2.41. The van der Waals surface area contributed by atoms with Gasteiger partial charge in [-0.05, 0) is 24.3 Å². The molecule has 9 heteroatoms. The molecule has 0 amide bonds. The molecule has 0 atom stereocenters. The minimum atomic E-state index is -3.92. The number of aromatic nitrogens is 2. The van der Waals surface area contributed by atoms with Crippen LogP contribution in [-0.2, 0) is 10.0 Å². The molecular formula is C11H11N3O5S. The summed E-state index contributed by atoms with van der Waals surface area (Å²) in [5.74, 6) is -0.960. The van der Waals surface area contributed by atoms with Crippen molar-refractivity contribution in [3.63, 3.8) is 0 Å². The molecule has 0 bridgehead atoms. The monoisotopic (exact) mass is 297 g/mol. The summed E-state index contributed by atoms with van der Waals surface area (Å²) < 4.78 is 31.1. The summed E-state index contributed by atoms with van der Waals surface area (Å²) in [5.41, 5.74) is -0.277. The van der Waals surface area contributed by atoms with Crippen molar-refractivity contribution in [3.8, 4) is 5.75 Å². The summed E-state index contributed by atoms with van der Waals surface area (Å²) >= 11 is 0. The number of aromatic amines is 1. The van der Waals surface area contributed by atoms with Crippen LogP contribution < -0.4 is 9.46 Å². The van der Waals surface area contributed by atoms with Crippen LogP contribution in [0.25, 0.3) is 0 Å². The van der Waals surface area contributed by atoms with Crippen molar-refractivity contribution in [2.75, 3.05) is 11.8 Å². The van der Waals surface area contributed by atoms with Gasteiger partial charge in [0.15, 0.2) is 5.03 Å². The number of hydrogen-bond donors (Lipinski definition) is 3. The summed E-state index contributed by atoms with van der Waals surface area (Å²) in [6, 6.07) is 5.26. The Labute approximate surface area is 114 Å². The van der Waals surface area contributed by atoms with Crippen LogP contribution in [0.2, 0.25) is 0 Å². The van der Waals surface area contributed by atoms with E-state index >= 15 is 0 Å². The highest BCUT2D eigenvalue weighted by molar-refractivity contribution is 7.92. The molecule has 0 fully saturated rings. The molecule has 0 spiro atoms. The Morgan fingerprint density at radius 1 is 1.40 bits per heavy atom. The van der Waals surface area contributed by atoms with Gasteiger partial charge in [-0.3, -0.25) is 9.82 Å². The molecule has 0 aliphatic rings. The van der Waals surface area contributed by atoms with E-state index in [9.17, 15) is 13.2 Å². The first-order valence-corrected chi connectivity index (χ1v) is 6.86. The number of H-pyrrole nitrogens is 1. The fourth-order valence-corrected chi connectivity index (χ4v) is 2.50. The van der Waals surface area contributed by atoms with Crippen molar-refractivity contribution < 1.29 is 23.1 Å². The Morgan fingerprint density at radius 3 is 2.70 bits per heavy atom. The summed E-state index contributed by atoms with van der Waals surface area (Å²) in [6.07, 6.45) is 1.28. The van der Waals surface area contributed by atoms with E-state index in [1.54, 1.807) is 0 Å². The van der Waals surface area contributed by atoms with Crippen LogP contribution in [-0.4, -0.2) is 36.8 Å². The molecule has 1 heterocycles. The second kappa shape index (κ2) is 5.21. The van der Waals surface area contributed by atoms with Crippen LogP contribution in [0.3, 0.4) is 0 Å².